The SMILES string of the molecule is CCCC(N)C(=O)N(C)Cc1cccc(Cl)c1Cl. The van der Waals surface area contributed by atoms with Crippen molar-refractivity contribution in [3.8, 4) is 0 Å². The zero-order valence-corrected chi connectivity index (χ0v) is 12.1. The molecule has 0 spiro atoms. The first-order chi connectivity index (χ1) is 8.47. The van der Waals surface area contributed by atoms with Gasteiger partial charge in [0.1, 0.15) is 0 Å². The topological polar surface area (TPSA) is 46.3 Å². The maximum Gasteiger partial charge on any atom is 0.239 e. The van der Waals surface area contributed by atoms with Gasteiger partial charge in [-0.15, -0.1) is 0 Å². The molecule has 1 aromatic carbocycles. The average Bonchev–Trinajstić information content (AvgIpc) is 2.34. The quantitative estimate of drug-likeness (QED) is 0.905. The molecule has 1 rings (SSSR count). The number of nitrogens with zero attached hydrogens (tertiary/aromatic N) is 1. The summed E-state index contributed by atoms with van der Waals surface area (Å²) in [6.45, 7) is 2.41. The molecule has 2 N–H and O–H groups in total. The molecule has 0 aliphatic rings. The van der Waals surface area contributed by atoms with Gasteiger partial charge in [0, 0.05) is 13.6 Å². The second kappa shape index (κ2) is 6.98. The zero-order chi connectivity index (χ0) is 13.7. The highest BCUT2D eigenvalue weighted by Gasteiger charge is 2.18. The predicted octanol–water partition coefficient (Wildman–Crippen LogP) is 3.08. The second-order valence-corrected chi connectivity index (χ2v) is 5.09. The van der Waals surface area contributed by atoms with Crippen LogP contribution in [-0.2, 0) is 11.3 Å². The van der Waals surface area contributed by atoms with E-state index in [0.717, 1.165) is 12.0 Å². The number of hydrogen-bond donors (Lipinski definition) is 1. The molecule has 0 fully saturated rings. The molecule has 3 nitrogen and oxygen atoms in total. The van der Waals surface area contributed by atoms with Gasteiger partial charge in [-0.1, -0.05) is 48.7 Å². The monoisotopic (exact) mass is 288 g/mol. The number of hydrogen-bond acceptors (Lipinski definition) is 2. The lowest BCUT2D eigenvalue weighted by Crippen LogP contribution is -2.41. The molecule has 0 saturated heterocycles. The van der Waals surface area contributed by atoms with Crippen molar-refractivity contribution in [3.63, 3.8) is 0 Å². The average molecular weight is 289 g/mol. The van der Waals surface area contributed by atoms with E-state index in [4.69, 9.17) is 28.9 Å². The Morgan fingerprint density at radius 1 is 1.44 bits per heavy atom. The van der Waals surface area contributed by atoms with Gasteiger partial charge in [0.05, 0.1) is 16.1 Å². The summed E-state index contributed by atoms with van der Waals surface area (Å²) < 4.78 is 0. The number of nitrogens with two attached hydrogens (primary N) is 1. The number of halogens is 2. The highest BCUT2D eigenvalue weighted by atomic mass is 35.5. The van der Waals surface area contributed by atoms with Gasteiger partial charge in [0.15, 0.2) is 0 Å². The molecular weight excluding hydrogens is 271 g/mol. The molecule has 0 saturated carbocycles. The molecule has 0 aliphatic heterocycles. The van der Waals surface area contributed by atoms with Gasteiger partial charge in [-0.25, -0.2) is 0 Å². The third-order valence-corrected chi connectivity index (χ3v) is 3.59. The summed E-state index contributed by atoms with van der Waals surface area (Å²) in [4.78, 5) is 13.5. The van der Waals surface area contributed by atoms with Crippen molar-refractivity contribution in [2.24, 2.45) is 5.73 Å². The minimum absolute atomic E-state index is 0.0760. The van der Waals surface area contributed by atoms with Crippen molar-refractivity contribution < 1.29 is 4.79 Å². The normalized spacial score (nSPS) is 12.3. The van der Waals surface area contributed by atoms with E-state index in [0.29, 0.717) is 23.0 Å². The number of carbonyl (C=O) groups excluding carboxylic acids is 1. The minimum atomic E-state index is -0.446. The molecule has 0 aliphatic carbocycles. The fraction of sp³-hybridized carbons (Fsp3) is 0.462. The predicted molar refractivity (Wildman–Crippen MR) is 75.8 cm³/mol. The number of likely N-dealkylation sites (N-methyl/N-ethyl adjacent to an activating group) is 1. The third kappa shape index (κ3) is 3.87. The molecule has 0 radical (unpaired) electrons. The van der Waals surface area contributed by atoms with Crippen molar-refractivity contribution in [2.45, 2.75) is 32.4 Å². The second-order valence-electron chi connectivity index (χ2n) is 4.30. The summed E-state index contributed by atoms with van der Waals surface area (Å²) in [5.74, 6) is -0.0760. The van der Waals surface area contributed by atoms with Crippen LogP contribution in [0, 0.1) is 0 Å². The lowest BCUT2D eigenvalue weighted by molar-refractivity contribution is -0.131. The van der Waals surface area contributed by atoms with Crippen LogP contribution in [0.5, 0.6) is 0 Å². The van der Waals surface area contributed by atoms with Crippen LogP contribution in [0.3, 0.4) is 0 Å². The fourth-order valence-corrected chi connectivity index (χ4v) is 2.10. The molecular formula is C13H18Cl2N2O. The van der Waals surface area contributed by atoms with Crippen LogP contribution in [0.15, 0.2) is 18.2 Å². The summed E-state index contributed by atoms with van der Waals surface area (Å²) in [7, 11) is 1.72. The Hall–Kier alpha value is -0.770. The molecule has 1 atom stereocenters. The van der Waals surface area contributed by atoms with E-state index in [1.54, 1.807) is 18.0 Å². The van der Waals surface area contributed by atoms with Crippen LogP contribution < -0.4 is 5.73 Å². The molecule has 0 aromatic heterocycles. The Balaban J connectivity index is 2.72. The largest absolute Gasteiger partial charge is 0.340 e. The lowest BCUT2D eigenvalue weighted by Gasteiger charge is -2.21. The van der Waals surface area contributed by atoms with Crippen LogP contribution in [0.25, 0.3) is 0 Å². The number of benzene rings is 1. The maximum atomic E-state index is 12.0. The van der Waals surface area contributed by atoms with Gasteiger partial charge >= 0.3 is 0 Å². The summed E-state index contributed by atoms with van der Waals surface area (Å²) in [6, 6.07) is 4.94. The van der Waals surface area contributed by atoms with E-state index in [2.05, 4.69) is 0 Å². The summed E-state index contributed by atoms with van der Waals surface area (Å²) in [5, 5.41) is 0.982. The standard InChI is InChI=1S/C13H18Cl2N2O/c1-3-5-11(16)13(18)17(2)8-9-6-4-7-10(14)12(9)15/h4,6-7,11H,3,5,8,16H2,1-2H3. The van der Waals surface area contributed by atoms with Crippen molar-refractivity contribution in [1.82, 2.24) is 4.90 Å². The molecule has 100 valence electrons. The van der Waals surface area contributed by atoms with Crippen LogP contribution in [0.1, 0.15) is 25.3 Å². The van der Waals surface area contributed by atoms with Crippen LogP contribution >= 0.6 is 23.2 Å². The van der Waals surface area contributed by atoms with E-state index < -0.39 is 6.04 Å². The van der Waals surface area contributed by atoms with E-state index in [9.17, 15) is 4.79 Å². The molecule has 0 heterocycles. The minimum Gasteiger partial charge on any atom is -0.340 e. The smallest absolute Gasteiger partial charge is 0.239 e. The molecule has 18 heavy (non-hydrogen) atoms. The Morgan fingerprint density at radius 3 is 2.72 bits per heavy atom. The van der Waals surface area contributed by atoms with Crippen LogP contribution in [0.4, 0.5) is 0 Å². The van der Waals surface area contributed by atoms with Gasteiger partial charge in [-0.3, -0.25) is 4.79 Å². The van der Waals surface area contributed by atoms with Gasteiger partial charge in [0.25, 0.3) is 0 Å². The maximum absolute atomic E-state index is 12.0. The number of carbonyl (C=O) groups is 1. The first kappa shape index (κ1) is 15.3. The Morgan fingerprint density at radius 2 is 2.11 bits per heavy atom. The first-order valence-electron chi connectivity index (χ1n) is 5.90. The van der Waals surface area contributed by atoms with E-state index in [1.807, 2.05) is 19.1 Å². The van der Waals surface area contributed by atoms with Gasteiger partial charge in [-0.2, -0.15) is 0 Å². The van der Waals surface area contributed by atoms with Crippen LogP contribution in [0.2, 0.25) is 10.0 Å². The molecule has 1 amide bonds. The first-order valence-corrected chi connectivity index (χ1v) is 6.66. The highest BCUT2D eigenvalue weighted by molar-refractivity contribution is 6.42. The lowest BCUT2D eigenvalue weighted by atomic mass is 10.1. The van der Waals surface area contributed by atoms with E-state index in [-0.39, 0.29) is 5.91 Å². The van der Waals surface area contributed by atoms with Crippen LogP contribution in [-0.4, -0.2) is 23.9 Å². The van der Waals surface area contributed by atoms with Crippen molar-refractivity contribution in [3.05, 3.63) is 33.8 Å². The zero-order valence-electron chi connectivity index (χ0n) is 10.6. The highest BCUT2D eigenvalue weighted by Crippen LogP contribution is 2.26. The fourth-order valence-electron chi connectivity index (χ4n) is 1.72. The van der Waals surface area contributed by atoms with Gasteiger partial charge in [-0.05, 0) is 18.1 Å². The van der Waals surface area contributed by atoms with Gasteiger partial charge < -0.3 is 10.6 Å². The van der Waals surface area contributed by atoms with E-state index >= 15 is 0 Å². The Kier molecular flexibility index (Phi) is 5.93. The number of amides is 1. The summed E-state index contributed by atoms with van der Waals surface area (Å²) >= 11 is 12.0. The molecule has 1 unspecified atom stereocenters. The van der Waals surface area contributed by atoms with Crippen molar-refractivity contribution in [1.29, 1.82) is 0 Å². The number of rotatable bonds is 5. The Labute approximate surface area is 118 Å². The molecule has 5 heteroatoms. The Bertz CT molecular complexity index is 423. The molecule has 0 bridgehead atoms. The van der Waals surface area contributed by atoms with E-state index in [1.165, 1.54) is 0 Å². The third-order valence-electron chi connectivity index (χ3n) is 2.73. The van der Waals surface area contributed by atoms with Gasteiger partial charge in [0.2, 0.25) is 5.91 Å². The van der Waals surface area contributed by atoms with Crippen molar-refractivity contribution in [2.75, 3.05) is 7.05 Å². The summed E-state index contributed by atoms with van der Waals surface area (Å²) in [6.07, 6.45) is 1.57. The van der Waals surface area contributed by atoms with Crippen molar-refractivity contribution >= 4 is 29.1 Å². The summed E-state index contributed by atoms with van der Waals surface area (Å²) in [5.41, 5.74) is 6.62. The molecule has 1 aromatic rings.